The zero-order valence-electron chi connectivity index (χ0n) is 12.0. The molecular weight excluding hydrogens is 254 g/mol. The second-order valence-electron chi connectivity index (χ2n) is 4.60. The predicted octanol–water partition coefficient (Wildman–Crippen LogP) is 2.19. The average Bonchev–Trinajstić information content (AvgIpc) is 2.86. The van der Waals surface area contributed by atoms with E-state index in [4.69, 9.17) is 9.84 Å². The molecule has 0 aliphatic heterocycles. The molecule has 0 fully saturated rings. The number of benzene rings is 1. The first-order valence-electron chi connectivity index (χ1n) is 6.82. The van der Waals surface area contributed by atoms with Gasteiger partial charge in [0.15, 0.2) is 0 Å². The van der Waals surface area contributed by atoms with E-state index in [9.17, 15) is 0 Å². The third kappa shape index (κ3) is 3.74. The molecule has 1 aromatic heterocycles. The Morgan fingerprint density at radius 2 is 2.25 bits per heavy atom. The van der Waals surface area contributed by atoms with Crippen LogP contribution in [0.2, 0.25) is 0 Å². The smallest absolute Gasteiger partial charge is 0.119 e. The van der Waals surface area contributed by atoms with E-state index in [0.29, 0.717) is 19.7 Å². The van der Waals surface area contributed by atoms with Crippen molar-refractivity contribution in [3.63, 3.8) is 0 Å². The van der Waals surface area contributed by atoms with Crippen molar-refractivity contribution in [2.24, 2.45) is 0 Å². The molecule has 0 bridgehead atoms. The molecule has 0 saturated carbocycles. The molecule has 0 amide bonds. The molecule has 0 saturated heterocycles. The summed E-state index contributed by atoms with van der Waals surface area (Å²) in [6.07, 6.45) is 3.75. The number of rotatable bonds is 7. The number of hydrogen-bond donors (Lipinski definition) is 2. The lowest BCUT2D eigenvalue weighted by molar-refractivity contribution is 0.269. The first-order valence-corrected chi connectivity index (χ1v) is 6.82. The molecule has 108 valence electrons. The molecule has 0 aliphatic carbocycles. The SMILES string of the molecule is CCOc1ccc(NCc2cnn(CCO)c2)c(C)c1. The van der Waals surface area contributed by atoms with Crippen molar-refractivity contribution in [1.29, 1.82) is 0 Å². The fourth-order valence-corrected chi connectivity index (χ4v) is 2.01. The number of aliphatic hydroxyl groups excluding tert-OH is 1. The van der Waals surface area contributed by atoms with E-state index in [1.807, 2.05) is 37.5 Å². The van der Waals surface area contributed by atoms with Crippen LogP contribution in [0.4, 0.5) is 5.69 Å². The van der Waals surface area contributed by atoms with Gasteiger partial charge in [0.2, 0.25) is 0 Å². The van der Waals surface area contributed by atoms with Gasteiger partial charge >= 0.3 is 0 Å². The van der Waals surface area contributed by atoms with Crippen LogP contribution in [0.15, 0.2) is 30.6 Å². The van der Waals surface area contributed by atoms with Gasteiger partial charge in [-0.05, 0) is 37.6 Å². The first-order chi connectivity index (χ1) is 9.72. The van der Waals surface area contributed by atoms with E-state index < -0.39 is 0 Å². The van der Waals surface area contributed by atoms with Crippen LogP contribution in [0.1, 0.15) is 18.1 Å². The second-order valence-corrected chi connectivity index (χ2v) is 4.60. The van der Waals surface area contributed by atoms with Crippen LogP contribution in [-0.2, 0) is 13.1 Å². The molecule has 0 aliphatic rings. The number of nitrogens with zero attached hydrogens (tertiary/aromatic N) is 2. The second kappa shape index (κ2) is 6.96. The third-order valence-corrected chi connectivity index (χ3v) is 3.01. The highest BCUT2D eigenvalue weighted by atomic mass is 16.5. The fraction of sp³-hybridized carbons (Fsp3) is 0.400. The fourth-order valence-electron chi connectivity index (χ4n) is 2.01. The van der Waals surface area contributed by atoms with Crippen LogP contribution in [0.5, 0.6) is 5.75 Å². The summed E-state index contributed by atoms with van der Waals surface area (Å²) in [7, 11) is 0. The quantitative estimate of drug-likeness (QED) is 0.813. The Morgan fingerprint density at radius 3 is 2.95 bits per heavy atom. The molecule has 0 spiro atoms. The molecule has 1 heterocycles. The maximum atomic E-state index is 8.85. The van der Waals surface area contributed by atoms with Gasteiger partial charge in [-0.15, -0.1) is 0 Å². The van der Waals surface area contributed by atoms with Crippen molar-refractivity contribution in [3.05, 3.63) is 41.7 Å². The van der Waals surface area contributed by atoms with Crippen LogP contribution in [0.3, 0.4) is 0 Å². The molecule has 2 aromatic rings. The zero-order valence-corrected chi connectivity index (χ0v) is 12.0. The minimum absolute atomic E-state index is 0.104. The Balaban J connectivity index is 1.95. The van der Waals surface area contributed by atoms with Gasteiger partial charge in [-0.25, -0.2) is 0 Å². The molecule has 5 heteroatoms. The number of anilines is 1. The van der Waals surface area contributed by atoms with Crippen molar-refractivity contribution in [2.45, 2.75) is 26.9 Å². The Hall–Kier alpha value is -2.01. The third-order valence-electron chi connectivity index (χ3n) is 3.01. The minimum Gasteiger partial charge on any atom is -0.494 e. The van der Waals surface area contributed by atoms with Gasteiger partial charge in [0.05, 0.1) is 26.0 Å². The lowest BCUT2D eigenvalue weighted by Gasteiger charge is -2.10. The van der Waals surface area contributed by atoms with Crippen LogP contribution >= 0.6 is 0 Å². The minimum atomic E-state index is 0.104. The number of hydrogen-bond acceptors (Lipinski definition) is 4. The average molecular weight is 275 g/mol. The largest absolute Gasteiger partial charge is 0.494 e. The lowest BCUT2D eigenvalue weighted by Crippen LogP contribution is -2.03. The van der Waals surface area contributed by atoms with Crippen LogP contribution < -0.4 is 10.1 Å². The van der Waals surface area contributed by atoms with Gasteiger partial charge in [-0.2, -0.15) is 5.10 Å². The lowest BCUT2D eigenvalue weighted by atomic mass is 10.2. The summed E-state index contributed by atoms with van der Waals surface area (Å²) < 4.78 is 7.21. The Kier molecular flexibility index (Phi) is 5.01. The maximum absolute atomic E-state index is 8.85. The highest BCUT2D eigenvalue weighted by molar-refractivity contribution is 5.53. The molecule has 2 N–H and O–H groups in total. The summed E-state index contributed by atoms with van der Waals surface area (Å²) in [6.45, 7) is 6.05. The number of nitrogens with one attached hydrogen (secondary N) is 1. The van der Waals surface area contributed by atoms with E-state index in [-0.39, 0.29) is 6.61 Å². The van der Waals surface area contributed by atoms with E-state index in [1.165, 1.54) is 0 Å². The molecule has 5 nitrogen and oxygen atoms in total. The number of aryl methyl sites for hydroxylation is 1. The van der Waals surface area contributed by atoms with Crippen LogP contribution in [0.25, 0.3) is 0 Å². The zero-order chi connectivity index (χ0) is 14.4. The van der Waals surface area contributed by atoms with Gasteiger partial charge < -0.3 is 15.2 Å². The topological polar surface area (TPSA) is 59.3 Å². The summed E-state index contributed by atoms with van der Waals surface area (Å²) in [5.41, 5.74) is 3.33. The van der Waals surface area contributed by atoms with Crippen molar-refractivity contribution in [3.8, 4) is 5.75 Å². The number of ether oxygens (including phenoxy) is 1. The summed E-state index contributed by atoms with van der Waals surface area (Å²) >= 11 is 0. The van der Waals surface area contributed by atoms with E-state index in [1.54, 1.807) is 4.68 Å². The normalized spacial score (nSPS) is 10.6. The van der Waals surface area contributed by atoms with Gasteiger partial charge in [0.25, 0.3) is 0 Å². The summed E-state index contributed by atoms with van der Waals surface area (Å²) in [5, 5.41) is 16.4. The predicted molar refractivity (Wildman–Crippen MR) is 79.0 cm³/mol. The maximum Gasteiger partial charge on any atom is 0.119 e. The monoisotopic (exact) mass is 275 g/mol. The molecular formula is C15H21N3O2. The first kappa shape index (κ1) is 14.4. The highest BCUT2D eigenvalue weighted by Crippen LogP contribution is 2.21. The highest BCUT2D eigenvalue weighted by Gasteiger charge is 2.02. The van der Waals surface area contributed by atoms with Crippen LogP contribution in [0, 0.1) is 6.92 Å². The summed E-state index contributed by atoms with van der Waals surface area (Å²) in [4.78, 5) is 0. The summed E-state index contributed by atoms with van der Waals surface area (Å²) in [6, 6.07) is 6.02. The van der Waals surface area contributed by atoms with Gasteiger partial charge in [0.1, 0.15) is 5.75 Å². The molecule has 1 aromatic carbocycles. The van der Waals surface area contributed by atoms with Gasteiger partial charge in [-0.1, -0.05) is 0 Å². The Labute approximate surface area is 119 Å². The number of aliphatic hydroxyl groups is 1. The summed E-state index contributed by atoms with van der Waals surface area (Å²) in [5.74, 6) is 0.895. The van der Waals surface area contributed by atoms with Crippen molar-refractivity contribution in [1.82, 2.24) is 9.78 Å². The van der Waals surface area contributed by atoms with Crippen molar-refractivity contribution < 1.29 is 9.84 Å². The molecule has 2 rings (SSSR count). The molecule has 0 unspecified atom stereocenters. The Bertz CT molecular complexity index is 552. The van der Waals surface area contributed by atoms with Gasteiger partial charge in [-0.3, -0.25) is 4.68 Å². The van der Waals surface area contributed by atoms with Crippen molar-refractivity contribution >= 4 is 5.69 Å². The number of aromatic nitrogens is 2. The molecule has 20 heavy (non-hydrogen) atoms. The Morgan fingerprint density at radius 1 is 1.40 bits per heavy atom. The van der Waals surface area contributed by atoms with Crippen molar-refractivity contribution in [2.75, 3.05) is 18.5 Å². The molecule has 0 atom stereocenters. The van der Waals surface area contributed by atoms with Crippen LogP contribution in [-0.4, -0.2) is 28.1 Å². The van der Waals surface area contributed by atoms with E-state index >= 15 is 0 Å². The standard InChI is InChI=1S/C15H21N3O2/c1-3-20-14-4-5-15(12(2)8-14)16-9-13-10-17-18(11-13)6-7-19/h4-5,8,10-11,16,19H,3,6-7,9H2,1-2H3. The van der Waals surface area contributed by atoms with E-state index in [0.717, 1.165) is 22.6 Å². The van der Waals surface area contributed by atoms with Gasteiger partial charge in [0, 0.05) is 24.0 Å². The van der Waals surface area contributed by atoms with E-state index in [2.05, 4.69) is 17.3 Å². The molecule has 0 radical (unpaired) electrons.